The highest BCUT2D eigenvalue weighted by molar-refractivity contribution is 6.59. The third-order valence-corrected chi connectivity index (χ3v) is 6.62. The molecule has 5 rings (SSSR count). The molecule has 0 saturated carbocycles. The third-order valence-electron chi connectivity index (χ3n) is 5.80. The highest BCUT2D eigenvalue weighted by atomic mass is 35.5. The Hall–Kier alpha value is -3.34. The van der Waals surface area contributed by atoms with Crippen LogP contribution in [0.2, 0.25) is 0 Å². The monoisotopic (exact) mass is 490 g/mol. The zero-order chi connectivity index (χ0) is 24.8. The van der Waals surface area contributed by atoms with Crippen LogP contribution in [-0.4, -0.2) is 23.1 Å². The van der Waals surface area contributed by atoms with Crippen LogP contribution in [0.1, 0.15) is 78.9 Å². The number of carbonyl (C=O) groups is 4. The molecule has 0 heterocycles. The van der Waals surface area contributed by atoms with Gasteiger partial charge in [0, 0.05) is 33.4 Å². The van der Waals surface area contributed by atoms with Crippen molar-refractivity contribution < 1.29 is 19.2 Å². The number of benzene rings is 3. The first-order valence-electron chi connectivity index (χ1n) is 10.6. The first-order chi connectivity index (χ1) is 16.0. The normalized spacial score (nSPS) is 14.7. The smallest absolute Gasteiger partial charge is 0.206 e. The van der Waals surface area contributed by atoms with Crippen molar-refractivity contribution in [2.45, 2.75) is 26.2 Å². The van der Waals surface area contributed by atoms with E-state index in [1.807, 2.05) is 12.1 Å². The molecule has 3 aromatic carbocycles. The van der Waals surface area contributed by atoms with Gasteiger partial charge >= 0.3 is 0 Å². The Morgan fingerprint density at radius 1 is 0.500 bits per heavy atom. The van der Waals surface area contributed by atoms with Crippen molar-refractivity contribution in [3.05, 3.63) is 116 Å². The molecule has 3 aromatic rings. The predicted octanol–water partition coefficient (Wildman–Crippen LogP) is 6.51. The number of Topliss-reactive ketones (excluding diaryl/α,β-unsaturated/α-hetero) is 2. The minimum Gasteiger partial charge on any atom is -0.289 e. The number of hydrogen-bond acceptors (Lipinski definition) is 4. The number of ketones is 4. The van der Waals surface area contributed by atoms with Gasteiger partial charge in [-0.25, -0.2) is 0 Å². The van der Waals surface area contributed by atoms with Crippen LogP contribution in [0.15, 0.2) is 76.8 Å². The van der Waals surface area contributed by atoms with Crippen molar-refractivity contribution in [3.63, 3.8) is 0 Å². The molecule has 34 heavy (non-hydrogen) atoms. The highest BCUT2D eigenvalue weighted by Crippen LogP contribution is 2.32. The quantitative estimate of drug-likeness (QED) is 0.281. The first kappa shape index (κ1) is 23.8. The van der Waals surface area contributed by atoms with Crippen LogP contribution in [-0.2, 0) is 5.41 Å². The summed E-state index contributed by atoms with van der Waals surface area (Å²) in [6.07, 6.45) is 0. The molecule has 0 aromatic heterocycles. The van der Waals surface area contributed by atoms with Gasteiger partial charge in [0.15, 0.2) is 11.6 Å². The van der Waals surface area contributed by atoms with Gasteiger partial charge in [-0.05, 0) is 23.1 Å². The minimum atomic E-state index is -0.396. The average molecular weight is 491 g/mol. The lowest BCUT2D eigenvalue weighted by atomic mass is 9.79. The molecule has 170 valence electrons. The fraction of sp³-hybridized carbons (Fsp3) is 0.143. The van der Waals surface area contributed by atoms with E-state index in [1.165, 1.54) is 0 Å². The molecule has 0 atom stereocenters. The second kappa shape index (κ2) is 8.79. The Bertz CT molecular complexity index is 1380. The summed E-state index contributed by atoms with van der Waals surface area (Å²) in [7, 11) is 0. The lowest BCUT2D eigenvalue weighted by Crippen LogP contribution is -2.22. The number of allylic oxidation sites excluding steroid dienone is 2. The lowest BCUT2D eigenvalue weighted by Gasteiger charge is -2.23. The summed E-state index contributed by atoms with van der Waals surface area (Å²) in [6, 6.07) is 19.1. The fourth-order valence-corrected chi connectivity index (χ4v) is 4.26. The van der Waals surface area contributed by atoms with Gasteiger partial charge in [-0.15, -0.1) is 0 Å². The van der Waals surface area contributed by atoms with Gasteiger partial charge in [-0.1, -0.05) is 98.6 Å². The number of fused-ring (bicyclic) bond motifs is 3. The number of halogens is 2. The van der Waals surface area contributed by atoms with Gasteiger partial charge in [0.25, 0.3) is 0 Å². The number of rotatable bonds is 0. The summed E-state index contributed by atoms with van der Waals surface area (Å²) in [5.74, 6) is -0.907. The molecule has 0 bridgehead atoms. The van der Waals surface area contributed by atoms with Crippen molar-refractivity contribution in [3.8, 4) is 0 Å². The Labute approximate surface area is 207 Å². The largest absolute Gasteiger partial charge is 0.289 e. The third kappa shape index (κ3) is 4.04. The molecular weight excluding hydrogens is 471 g/mol. The van der Waals surface area contributed by atoms with Crippen LogP contribution in [0.25, 0.3) is 0 Å². The minimum absolute atomic E-state index is 0.0463. The molecule has 0 N–H and O–H groups in total. The zero-order valence-corrected chi connectivity index (χ0v) is 20.3. The van der Waals surface area contributed by atoms with Crippen molar-refractivity contribution in [1.29, 1.82) is 0 Å². The molecule has 2 aliphatic rings. The van der Waals surface area contributed by atoms with Crippen LogP contribution >= 0.6 is 23.2 Å². The Balaban J connectivity index is 0.000000172. The van der Waals surface area contributed by atoms with Crippen molar-refractivity contribution in [1.82, 2.24) is 0 Å². The van der Waals surface area contributed by atoms with Crippen LogP contribution < -0.4 is 0 Å². The van der Waals surface area contributed by atoms with E-state index in [4.69, 9.17) is 23.2 Å². The maximum Gasteiger partial charge on any atom is 0.206 e. The topological polar surface area (TPSA) is 68.3 Å². The van der Waals surface area contributed by atoms with Crippen molar-refractivity contribution in [2.24, 2.45) is 0 Å². The van der Waals surface area contributed by atoms with Crippen LogP contribution in [0, 0.1) is 0 Å². The summed E-state index contributed by atoms with van der Waals surface area (Å²) >= 11 is 11.2. The standard InChI is InChI=1S/C18H16O2.C10H4Cl2O2/c1-18(2,3)11-8-9-14-15(10-11)17(20)13-7-5-4-6-12(13)16(14)19;11-7-8(12)10(14)6-4-2-1-3-5(6)9(7)13/h4-10H,1-3H3;1-4H. The maximum atomic E-state index is 12.6. The first-order valence-corrected chi connectivity index (χ1v) is 11.3. The zero-order valence-electron chi connectivity index (χ0n) is 18.7. The molecule has 6 heteroatoms. The summed E-state index contributed by atoms with van der Waals surface area (Å²) in [6.45, 7) is 6.29. The lowest BCUT2D eigenvalue weighted by molar-refractivity contribution is 0.0979. The van der Waals surface area contributed by atoms with Crippen LogP contribution in [0.5, 0.6) is 0 Å². The van der Waals surface area contributed by atoms with Gasteiger partial charge < -0.3 is 0 Å². The summed E-state index contributed by atoms with van der Waals surface area (Å²) < 4.78 is 0. The van der Waals surface area contributed by atoms with E-state index in [-0.39, 0.29) is 27.0 Å². The molecular formula is C28H20Cl2O4. The van der Waals surface area contributed by atoms with Gasteiger partial charge in [0.2, 0.25) is 11.6 Å². The SMILES string of the molecule is CC(C)(C)c1ccc2c(c1)C(=O)c1ccccc1C2=O.O=C1C(Cl)=C(Cl)C(=O)c2ccccc21. The van der Waals surface area contributed by atoms with E-state index in [1.54, 1.807) is 54.6 Å². The summed E-state index contributed by atoms with van der Waals surface area (Å²) in [5, 5.41) is -0.397. The van der Waals surface area contributed by atoms with Crippen molar-refractivity contribution >= 4 is 46.3 Å². The van der Waals surface area contributed by atoms with Crippen LogP contribution in [0.4, 0.5) is 0 Å². The second-order valence-corrected chi connectivity index (χ2v) is 9.80. The average Bonchev–Trinajstić information content (AvgIpc) is 2.84. The van der Waals surface area contributed by atoms with E-state index in [0.29, 0.717) is 33.4 Å². The molecule has 0 spiro atoms. The number of hydrogen-bond donors (Lipinski definition) is 0. The fourth-order valence-electron chi connectivity index (χ4n) is 3.88. The Kier molecular flexibility index (Phi) is 6.15. The molecule has 0 fully saturated rings. The molecule has 2 aliphatic carbocycles. The van der Waals surface area contributed by atoms with E-state index >= 15 is 0 Å². The Morgan fingerprint density at radius 3 is 1.26 bits per heavy atom. The van der Waals surface area contributed by atoms with Crippen LogP contribution in [0.3, 0.4) is 0 Å². The maximum absolute atomic E-state index is 12.6. The molecule has 4 nitrogen and oxygen atoms in total. The molecule has 0 saturated heterocycles. The van der Waals surface area contributed by atoms with E-state index in [0.717, 1.165) is 5.56 Å². The summed E-state index contributed by atoms with van der Waals surface area (Å²) in [5.41, 5.74) is 3.71. The Morgan fingerprint density at radius 2 is 0.853 bits per heavy atom. The van der Waals surface area contributed by atoms with Crippen molar-refractivity contribution in [2.75, 3.05) is 0 Å². The summed E-state index contributed by atoms with van der Waals surface area (Å²) in [4.78, 5) is 48.1. The molecule has 0 unspecified atom stereocenters. The van der Waals surface area contributed by atoms with Gasteiger partial charge in [-0.2, -0.15) is 0 Å². The van der Waals surface area contributed by atoms with E-state index in [2.05, 4.69) is 20.8 Å². The van der Waals surface area contributed by atoms with E-state index < -0.39 is 11.6 Å². The molecule has 0 amide bonds. The molecule has 0 radical (unpaired) electrons. The van der Waals surface area contributed by atoms with Gasteiger partial charge in [0.05, 0.1) is 0 Å². The van der Waals surface area contributed by atoms with E-state index in [9.17, 15) is 19.2 Å². The van der Waals surface area contributed by atoms with Gasteiger partial charge in [0.1, 0.15) is 10.1 Å². The number of carbonyl (C=O) groups excluding carboxylic acids is 4. The highest BCUT2D eigenvalue weighted by Gasteiger charge is 2.31. The predicted molar refractivity (Wildman–Crippen MR) is 132 cm³/mol. The second-order valence-electron chi connectivity index (χ2n) is 9.05. The van der Waals surface area contributed by atoms with Gasteiger partial charge in [-0.3, -0.25) is 19.2 Å². The molecule has 0 aliphatic heterocycles.